The highest BCUT2D eigenvalue weighted by atomic mass is 35.5. The van der Waals surface area contributed by atoms with Gasteiger partial charge in [-0.05, 0) is 57.5 Å². The van der Waals surface area contributed by atoms with E-state index >= 15 is 0 Å². The Morgan fingerprint density at radius 3 is 2.50 bits per heavy atom. The molecule has 0 bridgehead atoms. The first-order chi connectivity index (χ1) is 9.32. The summed E-state index contributed by atoms with van der Waals surface area (Å²) in [6, 6.07) is 5.83. The number of carbonyl (C=O) groups is 1. The molecule has 0 heterocycles. The zero-order chi connectivity index (χ0) is 15.3. The first-order valence-corrected chi connectivity index (χ1v) is 7.51. The van der Waals surface area contributed by atoms with Gasteiger partial charge in [0.2, 0.25) is 0 Å². The molecule has 0 saturated heterocycles. The number of benzene rings is 1. The van der Waals surface area contributed by atoms with E-state index < -0.39 is 5.97 Å². The maximum atomic E-state index is 10.6. The van der Waals surface area contributed by atoms with Crippen molar-refractivity contribution in [2.75, 3.05) is 6.54 Å². The van der Waals surface area contributed by atoms with Crippen LogP contribution in [0.1, 0.15) is 45.2 Å². The summed E-state index contributed by atoms with van der Waals surface area (Å²) in [7, 11) is 0. The predicted molar refractivity (Wildman–Crippen MR) is 83.6 cm³/mol. The molecule has 112 valence electrons. The molecule has 1 aromatic rings. The van der Waals surface area contributed by atoms with Crippen molar-refractivity contribution in [1.82, 2.24) is 4.90 Å². The lowest BCUT2D eigenvalue weighted by atomic mass is 10.0. The zero-order valence-corrected chi connectivity index (χ0v) is 13.6. The van der Waals surface area contributed by atoms with Crippen molar-refractivity contribution in [2.24, 2.45) is 0 Å². The van der Waals surface area contributed by atoms with E-state index in [2.05, 4.69) is 25.7 Å². The summed E-state index contributed by atoms with van der Waals surface area (Å²) in [5.41, 5.74) is 0.975. The lowest BCUT2D eigenvalue weighted by molar-refractivity contribution is -0.137. The largest absolute Gasteiger partial charge is 0.481 e. The molecule has 0 aliphatic heterocycles. The van der Waals surface area contributed by atoms with Crippen LogP contribution in [0.4, 0.5) is 0 Å². The molecule has 1 rings (SSSR count). The third-order valence-electron chi connectivity index (χ3n) is 3.38. The number of aliphatic carboxylic acids is 1. The van der Waals surface area contributed by atoms with Gasteiger partial charge in [0.15, 0.2) is 0 Å². The molecule has 1 unspecified atom stereocenters. The van der Waals surface area contributed by atoms with Crippen molar-refractivity contribution in [3.8, 4) is 0 Å². The summed E-state index contributed by atoms with van der Waals surface area (Å²) in [5, 5.41) is 10.1. The zero-order valence-electron chi connectivity index (χ0n) is 12.1. The van der Waals surface area contributed by atoms with Gasteiger partial charge < -0.3 is 5.11 Å². The van der Waals surface area contributed by atoms with E-state index in [0.29, 0.717) is 29.1 Å². The molecule has 0 aliphatic carbocycles. The molecule has 1 atom stereocenters. The summed E-state index contributed by atoms with van der Waals surface area (Å²) in [5.74, 6) is -0.762. The fraction of sp³-hybridized carbons (Fsp3) is 0.533. The highest BCUT2D eigenvalue weighted by molar-refractivity contribution is 6.33. The minimum Gasteiger partial charge on any atom is -0.481 e. The summed E-state index contributed by atoms with van der Waals surface area (Å²) in [6.45, 7) is 6.97. The summed E-state index contributed by atoms with van der Waals surface area (Å²) < 4.78 is 0. The van der Waals surface area contributed by atoms with Crippen LogP contribution in [0.25, 0.3) is 0 Å². The molecule has 0 aromatic heterocycles. The third kappa shape index (κ3) is 4.97. The summed E-state index contributed by atoms with van der Waals surface area (Å²) in [4.78, 5) is 12.9. The van der Waals surface area contributed by atoms with Crippen LogP contribution in [0, 0.1) is 0 Å². The monoisotopic (exact) mass is 317 g/mol. The second-order valence-electron chi connectivity index (χ2n) is 5.17. The van der Waals surface area contributed by atoms with Gasteiger partial charge in [-0.1, -0.05) is 23.2 Å². The van der Waals surface area contributed by atoms with Crippen LogP contribution in [0.5, 0.6) is 0 Å². The van der Waals surface area contributed by atoms with Crippen molar-refractivity contribution in [3.05, 3.63) is 33.8 Å². The van der Waals surface area contributed by atoms with Crippen LogP contribution in [-0.2, 0) is 4.79 Å². The number of nitrogens with zero attached hydrogens (tertiary/aromatic N) is 1. The van der Waals surface area contributed by atoms with E-state index in [4.69, 9.17) is 28.3 Å². The lowest BCUT2D eigenvalue weighted by Gasteiger charge is -2.33. The average Bonchev–Trinajstić information content (AvgIpc) is 2.36. The van der Waals surface area contributed by atoms with Gasteiger partial charge in [0.25, 0.3) is 0 Å². The molecule has 3 nitrogen and oxygen atoms in total. The van der Waals surface area contributed by atoms with Crippen molar-refractivity contribution < 1.29 is 9.90 Å². The molecule has 1 aromatic carbocycles. The topological polar surface area (TPSA) is 40.5 Å². The second kappa shape index (κ2) is 7.87. The van der Waals surface area contributed by atoms with E-state index in [9.17, 15) is 4.79 Å². The summed E-state index contributed by atoms with van der Waals surface area (Å²) in [6.07, 6.45) is 0.801. The Morgan fingerprint density at radius 1 is 1.30 bits per heavy atom. The maximum absolute atomic E-state index is 10.6. The summed E-state index contributed by atoms with van der Waals surface area (Å²) >= 11 is 12.3. The molecule has 0 spiro atoms. The molecule has 0 fully saturated rings. The van der Waals surface area contributed by atoms with E-state index in [0.717, 1.165) is 5.56 Å². The SMILES string of the molecule is CC(C)N(CCCC(=O)O)C(C)c1cc(Cl)ccc1Cl. The third-order valence-corrected chi connectivity index (χ3v) is 3.96. The van der Waals surface area contributed by atoms with Crippen LogP contribution in [-0.4, -0.2) is 28.6 Å². The normalized spacial score (nSPS) is 12.9. The molecule has 5 heteroatoms. The van der Waals surface area contributed by atoms with Crippen LogP contribution in [0.2, 0.25) is 10.0 Å². The van der Waals surface area contributed by atoms with Crippen molar-refractivity contribution in [1.29, 1.82) is 0 Å². The van der Waals surface area contributed by atoms with Gasteiger partial charge in [0.05, 0.1) is 0 Å². The van der Waals surface area contributed by atoms with E-state index in [1.54, 1.807) is 12.1 Å². The van der Waals surface area contributed by atoms with Gasteiger partial charge in [0.1, 0.15) is 0 Å². The van der Waals surface area contributed by atoms with Gasteiger partial charge in [-0.3, -0.25) is 9.69 Å². The quantitative estimate of drug-likeness (QED) is 0.797. The molecule has 0 amide bonds. The standard InChI is InChI=1S/C15H21Cl2NO2/c1-10(2)18(8-4-5-15(19)20)11(3)13-9-12(16)6-7-14(13)17/h6-7,9-11H,4-5,8H2,1-3H3,(H,19,20). The number of rotatable bonds is 7. The van der Waals surface area contributed by atoms with Crippen molar-refractivity contribution in [3.63, 3.8) is 0 Å². The molecule has 1 N–H and O–H groups in total. The number of carboxylic acid groups (broad SMARTS) is 1. The highest BCUT2D eigenvalue weighted by Crippen LogP contribution is 2.31. The van der Waals surface area contributed by atoms with Gasteiger partial charge in [-0.2, -0.15) is 0 Å². The Labute approximate surface area is 130 Å². The first kappa shape index (κ1) is 17.3. The Balaban J connectivity index is 2.85. The van der Waals surface area contributed by atoms with Crippen LogP contribution in [0.15, 0.2) is 18.2 Å². The maximum Gasteiger partial charge on any atom is 0.303 e. The van der Waals surface area contributed by atoms with Crippen LogP contribution >= 0.6 is 23.2 Å². The predicted octanol–water partition coefficient (Wildman–Crippen LogP) is 4.63. The van der Waals surface area contributed by atoms with Crippen molar-refractivity contribution >= 4 is 29.2 Å². The Hall–Kier alpha value is -0.770. The molecule has 0 radical (unpaired) electrons. The van der Waals surface area contributed by atoms with E-state index in [1.807, 2.05) is 6.07 Å². The van der Waals surface area contributed by atoms with Crippen LogP contribution < -0.4 is 0 Å². The van der Waals surface area contributed by atoms with Crippen molar-refractivity contribution in [2.45, 2.75) is 45.7 Å². The smallest absolute Gasteiger partial charge is 0.303 e. The number of halogens is 2. The molecule has 0 saturated carbocycles. The number of carboxylic acids is 1. The van der Waals surface area contributed by atoms with Gasteiger partial charge in [0, 0.05) is 28.5 Å². The Bertz CT molecular complexity index is 463. The second-order valence-corrected chi connectivity index (χ2v) is 6.01. The van der Waals surface area contributed by atoms with Gasteiger partial charge in [-0.25, -0.2) is 0 Å². The van der Waals surface area contributed by atoms with E-state index in [1.165, 1.54) is 0 Å². The molecule has 20 heavy (non-hydrogen) atoms. The van der Waals surface area contributed by atoms with E-state index in [-0.39, 0.29) is 12.5 Å². The van der Waals surface area contributed by atoms with Gasteiger partial charge >= 0.3 is 5.97 Å². The fourth-order valence-corrected chi connectivity index (χ4v) is 2.78. The molecular formula is C15H21Cl2NO2. The molecular weight excluding hydrogens is 297 g/mol. The van der Waals surface area contributed by atoms with Crippen LogP contribution in [0.3, 0.4) is 0 Å². The minimum absolute atomic E-state index is 0.0926. The first-order valence-electron chi connectivity index (χ1n) is 6.75. The number of hydrogen-bond acceptors (Lipinski definition) is 2. The number of hydrogen-bond donors (Lipinski definition) is 1. The molecule has 0 aliphatic rings. The highest BCUT2D eigenvalue weighted by Gasteiger charge is 2.21. The Morgan fingerprint density at radius 2 is 1.95 bits per heavy atom. The lowest BCUT2D eigenvalue weighted by Crippen LogP contribution is -2.34. The minimum atomic E-state index is -0.762. The van der Waals surface area contributed by atoms with Gasteiger partial charge in [-0.15, -0.1) is 0 Å². The average molecular weight is 318 g/mol. The fourth-order valence-electron chi connectivity index (χ4n) is 2.33. The Kier molecular flexibility index (Phi) is 6.80.